The number of H-pyrrole nitrogens is 1. The Hall–Kier alpha value is -1.20. The van der Waals surface area contributed by atoms with Gasteiger partial charge in [-0.15, -0.1) is 0 Å². The molecule has 3 nitrogen and oxygen atoms in total. The van der Waals surface area contributed by atoms with Crippen LogP contribution in [0.25, 0.3) is 11.3 Å². The van der Waals surface area contributed by atoms with Gasteiger partial charge in [0.05, 0.1) is 11.9 Å². The van der Waals surface area contributed by atoms with E-state index in [0.29, 0.717) is 17.8 Å². The highest BCUT2D eigenvalue weighted by Gasteiger charge is 2.22. The fourth-order valence-corrected chi connectivity index (χ4v) is 1.96. The van der Waals surface area contributed by atoms with Crippen molar-refractivity contribution in [2.45, 2.75) is 19.3 Å². The lowest BCUT2D eigenvalue weighted by Crippen LogP contribution is -2.29. The van der Waals surface area contributed by atoms with Gasteiger partial charge in [-0.1, -0.05) is 29.8 Å². The quantitative estimate of drug-likeness (QED) is 0.914. The Morgan fingerprint density at radius 2 is 2.17 bits per heavy atom. The molecular weight excluding hydrogens is 297 g/mol. The molecule has 0 saturated heterocycles. The van der Waals surface area contributed by atoms with Gasteiger partial charge in [-0.25, -0.2) is 9.37 Å². The van der Waals surface area contributed by atoms with Crippen molar-refractivity contribution < 1.29 is 4.39 Å². The third-order valence-corrected chi connectivity index (χ3v) is 3.44. The van der Waals surface area contributed by atoms with E-state index in [4.69, 9.17) is 5.73 Å². The fraction of sp³-hybridized carbons (Fsp3) is 0.308. The van der Waals surface area contributed by atoms with Gasteiger partial charge in [-0.05, 0) is 18.2 Å². The van der Waals surface area contributed by atoms with Crippen LogP contribution in [-0.4, -0.2) is 16.5 Å². The molecule has 0 atom stereocenters. The largest absolute Gasteiger partial charge is 0.341 e. The van der Waals surface area contributed by atoms with E-state index in [1.54, 1.807) is 18.3 Å². The van der Waals surface area contributed by atoms with Crippen LogP contribution in [0.1, 0.15) is 19.7 Å². The number of nitrogens with one attached hydrogen (secondary N) is 1. The minimum absolute atomic E-state index is 0.249. The number of hydrogen-bond acceptors (Lipinski definition) is 2. The minimum atomic E-state index is -0.279. The summed E-state index contributed by atoms with van der Waals surface area (Å²) >= 11 is 3.33. The molecule has 0 fully saturated rings. The average Bonchev–Trinajstić information content (AvgIpc) is 2.82. The topological polar surface area (TPSA) is 54.7 Å². The van der Waals surface area contributed by atoms with Gasteiger partial charge in [0.2, 0.25) is 0 Å². The first-order chi connectivity index (χ1) is 8.44. The van der Waals surface area contributed by atoms with Gasteiger partial charge < -0.3 is 10.7 Å². The zero-order valence-corrected chi connectivity index (χ0v) is 11.9. The Balaban J connectivity index is 2.44. The summed E-state index contributed by atoms with van der Waals surface area (Å²) in [6.45, 7) is 4.46. The van der Waals surface area contributed by atoms with Crippen molar-refractivity contribution in [2.24, 2.45) is 5.73 Å². The molecule has 1 aromatic heterocycles. The van der Waals surface area contributed by atoms with Crippen molar-refractivity contribution in [3.05, 3.63) is 40.5 Å². The maximum absolute atomic E-state index is 13.7. The smallest absolute Gasteiger partial charge is 0.132 e. The second-order valence-corrected chi connectivity index (χ2v) is 5.77. The highest BCUT2D eigenvalue weighted by molar-refractivity contribution is 9.10. The number of rotatable bonds is 3. The van der Waals surface area contributed by atoms with Gasteiger partial charge in [-0.2, -0.15) is 0 Å². The molecule has 0 bridgehead atoms. The molecule has 2 rings (SSSR count). The molecule has 3 N–H and O–H groups in total. The zero-order valence-electron chi connectivity index (χ0n) is 10.3. The number of benzene rings is 1. The van der Waals surface area contributed by atoms with Crippen LogP contribution in [0.4, 0.5) is 4.39 Å². The van der Waals surface area contributed by atoms with Crippen LogP contribution >= 0.6 is 15.9 Å². The molecule has 0 aliphatic heterocycles. The fourth-order valence-electron chi connectivity index (χ4n) is 1.60. The van der Waals surface area contributed by atoms with Crippen molar-refractivity contribution in [1.29, 1.82) is 0 Å². The maximum atomic E-state index is 13.7. The summed E-state index contributed by atoms with van der Waals surface area (Å²) in [5, 5.41) is 0. The summed E-state index contributed by atoms with van der Waals surface area (Å²) in [5.41, 5.74) is 6.60. The van der Waals surface area contributed by atoms with E-state index in [1.165, 1.54) is 6.07 Å². The highest BCUT2D eigenvalue weighted by Crippen LogP contribution is 2.27. The Labute approximate surface area is 114 Å². The Bertz CT molecular complexity index is 563. The molecule has 5 heteroatoms. The van der Waals surface area contributed by atoms with E-state index >= 15 is 0 Å². The van der Waals surface area contributed by atoms with Crippen LogP contribution in [0, 0.1) is 5.82 Å². The van der Waals surface area contributed by atoms with Crippen molar-refractivity contribution in [1.82, 2.24) is 9.97 Å². The van der Waals surface area contributed by atoms with Crippen molar-refractivity contribution in [2.75, 3.05) is 6.54 Å². The van der Waals surface area contributed by atoms with E-state index in [0.717, 1.165) is 10.3 Å². The van der Waals surface area contributed by atoms with Crippen LogP contribution in [0.5, 0.6) is 0 Å². The summed E-state index contributed by atoms with van der Waals surface area (Å²) < 4.78 is 14.6. The monoisotopic (exact) mass is 311 g/mol. The van der Waals surface area contributed by atoms with Gasteiger partial charge in [0.1, 0.15) is 11.6 Å². The van der Waals surface area contributed by atoms with Crippen molar-refractivity contribution in [3.8, 4) is 11.3 Å². The zero-order chi connectivity index (χ0) is 13.3. The number of nitrogens with zero attached hydrogens (tertiary/aromatic N) is 1. The lowest BCUT2D eigenvalue weighted by molar-refractivity contribution is 0.508. The molecule has 0 unspecified atom stereocenters. The lowest BCUT2D eigenvalue weighted by Gasteiger charge is -2.18. The first-order valence-corrected chi connectivity index (χ1v) is 6.44. The second kappa shape index (κ2) is 4.82. The van der Waals surface area contributed by atoms with Gasteiger partial charge in [-0.3, -0.25) is 0 Å². The molecule has 96 valence electrons. The molecule has 0 saturated carbocycles. The Kier molecular flexibility index (Phi) is 3.54. The maximum Gasteiger partial charge on any atom is 0.132 e. The van der Waals surface area contributed by atoms with E-state index in [2.05, 4.69) is 25.9 Å². The number of halogens is 2. The summed E-state index contributed by atoms with van der Waals surface area (Å²) in [6, 6.07) is 4.82. The first kappa shape index (κ1) is 13.2. The Morgan fingerprint density at radius 3 is 2.83 bits per heavy atom. The van der Waals surface area contributed by atoms with Gasteiger partial charge in [0, 0.05) is 22.0 Å². The number of imidazole rings is 1. The third-order valence-electron chi connectivity index (χ3n) is 2.95. The van der Waals surface area contributed by atoms with Gasteiger partial charge in [0.25, 0.3) is 0 Å². The van der Waals surface area contributed by atoms with Crippen LogP contribution in [0.2, 0.25) is 0 Å². The molecule has 0 radical (unpaired) electrons. The summed E-state index contributed by atoms with van der Waals surface area (Å²) in [5.74, 6) is 0.485. The van der Waals surface area contributed by atoms with Gasteiger partial charge >= 0.3 is 0 Å². The van der Waals surface area contributed by atoms with Crippen LogP contribution in [0.15, 0.2) is 28.9 Å². The van der Waals surface area contributed by atoms with Gasteiger partial charge in [0.15, 0.2) is 0 Å². The SMILES string of the molecule is CC(C)(CN)c1ncc(-c2cc(Br)ccc2F)[nH]1. The normalized spacial score (nSPS) is 11.8. The molecule has 0 spiro atoms. The molecular formula is C13H15BrFN3. The third kappa shape index (κ3) is 2.47. The van der Waals surface area contributed by atoms with E-state index in [1.807, 2.05) is 13.8 Å². The van der Waals surface area contributed by atoms with Crippen LogP contribution < -0.4 is 5.73 Å². The van der Waals surface area contributed by atoms with Crippen LogP contribution in [-0.2, 0) is 5.41 Å². The number of aromatic amines is 1. The molecule has 0 aliphatic rings. The first-order valence-electron chi connectivity index (χ1n) is 5.65. The highest BCUT2D eigenvalue weighted by atomic mass is 79.9. The Morgan fingerprint density at radius 1 is 1.44 bits per heavy atom. The summed E-state index contributed by atoms with van der Waals surface area (Å²) in [7, 11) is 0. The molecule has 2 aromatic rings. The summed E-state index contributed by atoms with van der Waals surface area (Å²) in [6.07, 6.45) is 1.64. The molecule has 0 amide bonds. The standard InChI is InChI=1S/C13H15BrFN3/c1-13(2,7-16)12-17-6-11(18-12)9-5-8(14)3-4-10(9)15/h3-6H,7,16H2,1-2H3,(H,17,18). The van der Waals surface area contributed by atoms with E-state index in [9.17, 15) is 4.39 Å². The molecule has 0 aliphatic carbocycles. The number of aromatic nitrogens is 2. The molecule has 18 heavy (non-hydrogen) atoms. The lowest BCUT2D eigenvalue weighted by atomic mass is 9.93. The number of nitrogens with two attached hydrogens (primary N) is 1. The minimum Gasteiger partial charge on any atom is -0.341 e. The summed E-state index contributed by atoms with van der Waals surface area (Å²) in [4.78, 5) is 7.43. The van der Waals surface area contributed by atoms with Crippen molar-refractivity contribution in [3.63, 3.8) is 0 Å². The van der Waals surface area contributed by atoms with E-state index < -0.39 is 0 Å². The molecule has 1 aromatic carbocycles. The van der Waals surface area contributed by atoms with Crippen molar-refractivity contribution >= 4 is 15.9 Å². The predicted octanol–water partition coefficient (Wildman–Crippen LogP) is 3.21. The second-order valence-electron chi connectivity index (χ2n) is 4.86. The van der Waals surface area contributed by atoms with E-state index in [-0.39, 0.29) is 11.2 Å². The van der Waals surface area contributed by atoms with Crippen LogP contribution in [0.3, 0.4) is 0 Å². The average molecular weight is 312 g/mol. The predicted molar refractivity (Wildman–Crippen MR) is 73.8 cm³/mol. The molecule has 1 heterocycles. The number of hydrogen-bond donors (Lipinski definition) is 2.